The first-order valence-electron chi connectivity index (χ1n) is 9.55. The third-order valence-corrected chi connectivity index (χ3v) is 5.22. The predicted molar refractivity (Wildman–Crippen MR) is 118 cm³/mol. The van der Waals surface area contributed by atoms with Crippen LogP contribution in [0.3, 0.4) is 0 Å². The summed E-state index contributed by atoms with van der Waals surface area (Å²) in [7, 11) is 1.51. The SMILES string of the molecule is CCOC(=O)c1c(-c2ccc(OCC)cc2)csc1NC(=O)c1ccccc1OC. The molecule has 1 aromatic heterocycles. The summed E-state index contributed by atoms with van der Waals surface area (Å²) in [6.07, 6.45) is 0. The molecular weight excluding hydrogens is 402 g/mol. The molecular formula is C23H23NO5S. The number of thiophene rings is 1. The van der Waals surface area contributed by atoms with E-state index in [1.54, 1.807) is 31.2 Å². The number of nitrogens with one attached hydrogen (secondary N) is 1. The van der Waals surface area contributed by atoms with Crippen LogP contribution in [0.25, 0.3) is 11.1 Å². The van der Waals surface area contributed by atoms with Crippen molar-refractivity contribution in [3.05, 3.63) is 65.0 Å². The van der Waals surface area contributed by atoms with Crippen LogP contribution in [0, 0.1) is 0 Å². The predicted octanol–water partition coefficient (Wildman–Crippen LogP) is 5.25. The van der Waals surface area contributed by atoms with Crippen LogP contribution in [0.1, 0.15) is 34.6 Å². The molecule has 6 nitrogen and oxygen atoms in total. The van der Waals surface area contributed by atoms with Crippen molar-refractivity contribution in [1.29, 1.82) is 0 Å². The number of carbonyl (C=O) groups is 2. The molecule has 30 heavy (non-hydrogen) atoms. The van der Waals surface area contributed by atoms with Gasteiger partial charge in [-0.2, -0.15) is 0 Å². The molecule has 1 heterocycles. The Labute approximate surface area is 179 Å². The third kappa shape index (κ3) is 4.63. The summed E-state index contributed by atoms with van der Waals surface area (Å²) < 4.78 is 16.0. The quantitative estimate of drug-likeness (QED) is 0.499. The van der Waals surface area contributed by atoms with Crippen LogP contribution in [0.15, 0.2) is 53.9 Å². The van der Waals surface area contributed by atoms with Crippen LogP contribution < -0.4 is 14.8 Å². The van der Waals surface area contributed by atoms with E-state index in [2.05, 4.69) is 5.32 Å². The molecule has 0 aliphatic rings. The molecule has 0 saturated carbocycles. The van der Waals surface area contributed by atoms with Gasteiger partial charge in [-0.25, -0.2) is 4.79 Å². The molecule has 0 aliphatic carbocycles. The lowest BCUT2D eigenvalue weighted by atomic mass is 10.0. The largest absolute Gasteiger partial charge is 0.496 e. The van der Waals surface area contributed by atoms with E-state index in [0.717, 1.165) is 11.3 Å². The molecule has 0 radical (unpaired) electrons. The highest BCUT2D eigenvalue weighted by Crippen LogP contribution is 2.37. The standard InChI is InChI=1S/C23H23NO5S/c1-4-28-16-12-10-15(11-13-16)18-14-30-22(20(18)23(26)29-5-2)24-21(25)17-8-6-7-9-19(17)27-3/h6-14H,4-5H2,1-3H3,(H,24,25). The normalized spacial score (nSPS) is 10.4. The average Bonchev–Trinajstić information content (AvgIpc) is 3.18. The van der Waals surface area contributed by atoms with Crippen molar-refractivity contribution in [2.24, 2.45) is 0 Å². The van der Waals surface area contributed by atoms with Crippen LogP contribution in [-0.4, -0.2) is 32.2 Å². The van der Waals surface area contributed by atoms with Crippen molar-refractivity contribution >= 4 is 28.2 Å². The minimum atomic E-state index is -0.488. The minimum absolute atomic E-state index is 0.233. The van der Waals surface area contributed by atoms with E-state index in [1.165, 1.54) is 18.4 Å². The summed E-state index contributed by atoms with van der Waals surface area (Å²) in [4.78, 5) is 25.6. The van der Waals surface area contributed by atoms with Gasteiger partial charge < -0.3 is 19.5 Å². The number of amides is 1. The first-order chi connectivity index (χ1) is 14.6. The average molecular weight is 426 g/mol. The van der Waals surface area contributed by atoms with Crippen molar-refractivity contribution in [3.8, 4) is 22.6 Å². The number of rotatable bonds is 8. The fourth-order valence-electron chi connectivity index (χ4n) is 2.97. The monoisotopic (exact) mass is 425 g/mol. The number of para-hydroxylation sites is 1. The minimum Gasteiger partial charge on any atom is -0.496 e. The van der Waals surface area contributed by atoms with Gasteiger partial charge in [-0.3, -0.25) is 4.79 Å². The molecule has 1 amide bonds. The van der Waals surface area contributed by atoms with Gasteiger partial charge in [0.2, 0.25) is 0 Å². The Morgan fingerprint density at radius 3 is 2.40 bits per heavy atom. The molecule has 3 aromatic rings. The zero-order valence-electron chi connectivity index (χ0n) is 17.1. The Balaban J connectivity index is 1.97. The topological polar surface area (TPSA) is 73.9 Å². The number of ether oxygens (including phenoxy) is 3. The first kappa shape index (κ1) is 21.4. The number of carbonyl (C=O) groups excluding carboxylic acids is 2. The maximum Gasteiger partial charge on any atom is 0.341 e. The number of anilines is 1. The fourth-order valence-corrected chi connectivity index (χ4v) is 3.92. The first-order valence-corrected chi connectivity index (χ1v) is 10.4. The number of methoxy groups -OCH3 is 1. The lowest BCUT2D eigenvalue weighted by Gasteiger charge is -2.11. The van der Waals surface area contributed by atoms with Crippen LogP contribution in [0.2, 0.25) is 0 Å². The summed E-state index contributed by atoms with van der Waals surface area (Å²) in [6, 6.07) is 14.4. The molecule has 3 rings (SSSR count). The van der Waals surface area contributed by atoms with Crippen molar-refractivity contribution in [2.45, 2.75) is 13.8 Å². The lowest BCUT2D eigenvalue weighted by molar-refractivity contribution is 0.0529. The van der Waals surface area contributed by atoms with E-state index in [0.29, 0.717) is 34.0 Å². The Kier molecular flexibility index (Phi) is 7.08. The molecule has 0 unspecified atom stereocenters. The second kappa shape index (κ2) is 9.93. The maximum absolute atomic E-state index is 12.8. The molecule has 0 bridgehead atoms. The Morgan fingerprint density at radius 2 is 1.73 bits per heavy atom. The molecule has 0 atom stereocenters. The van der Waals surface area contributed by atoms with Crippen molar-refractivity contribution in [1.82, 2.24) is 0 Å². The van der Waals surface area contributed by atoms with E-state index >= 15 is 0 Å². The van der Waals surface area contributed by atoms with Crippen LogP contribution in [-0.2, 0) is 4.74 Å². The summed E-state index contributed by atoms with van der Waals surface area (Å²) in [5.41, 5.74) is 2.23. The summed E-state index contributed by atoms with van der Waals surface area (Å²) in [5, 5.41) is 5.09. The summed E-state index contributed by atoms with van der Waals surface area (Å²) in [5.74, 6) is 0.353. The van der Waals surface area contributed by atoms with Gasteiger partial charge in [-0.1, -0.05) is 24.3 Å². The number of hydrogen-bond acceptors (Lipinski definition) is 6. The second-order valence-corrected chi connectivity index (χ2v) is 7.07. The van der Waals surface area contributed by atoms with Gasteiger partial charge in [0.25, 0.3) is 5.91 Å². The van der Waals surface area contributed by atoms with Gasteiger partial charge in [0.15, 0.2) is 0 Å². The molecule has 7 heteroatoms. The Morgan fingerprint density at radius 1 is 1.00 bits per heavy atom. The maximum atomic E-state index is 12.8. The number of esters is 1. The Bertz CT molecular complexity index is 1030. The molecule has 2 aromatic carbocycles. The van der Waals surface area contributed by atoms with Crippen LogP contribution >= 0.6 is 11.3 Å². The van der Waals surface area contributed by atoms with Gasteiger partial charge in [0.05, 0.1) is 25.9 Å². The Hall–Kier alpha value is -3.32. The van der Waals surface area contributed by atoms with Crippen LogP contribution in [0.4, 0.5) is 5.00 Å². The van der Waals surface area contributed by atoms with E-state index in [-0.39, 0.29) is 12.5 Å². The number of hydrogen-bond donors (Lipinski definition) is 1. The molecule has 0 spiro atoms. The second-order valence-electron chi connectivity index (χ2n) is 6.19. The number of benzene rings is 2. The smallest absolute Gasteiger partial charge is 0.341 e. The van der Waals surface area contributed by atoms with Crippen molar-refractivity contribution < 1.29 is 23.8 Å². The highest BCUT2D eigenvalue weighted by atomic mass is 32.1. The summed E-state index contributed by atoms with van der Waals surface area (Å²) >= 11 is 1.27. The highest BCUT2D eigenvalue weighted by Gasteiger charge is 2.24. The highest BCUT2D eigenvalue weighted by molar-refractivity contribution is 7.15. The third-order valence-electron chi connectivity index (χ3n) is 4.33. The molecule has 156 valence electrons. The van der Waals surface area contributed by atoms with E-state index < -0.39 is 5.97 Å². The van der Waals surface area contributed by atoms with Gasteiger partial charge in [-0.15, -0.1) is 11.3 Å². The summed E-state index contributed by atoms with van der Waals surface area (Å²) in [6.45, 7) is 4.47. The zero-order chi connectivity index (χ0) is 21.5. The molecule has 1 N–H and O–H groups in total. The lowest BCUT2D eigenvalue weighted by Crippen LogP contribution is -2.15. The fraction of sp³-hybridized carbons (Fsp3) is 0.217. The van der Waals surface area contributed by atoms with Gasteiger partial charge in [-0.05, 0) is 43.7 Å². The van der Waals surface area contributed by atoms with E-state index in [9.17, 15) is 9.59 Å². The molecule has 0 saturated heterocycles. The van der Waals surface area contributed by atoms with Crippen molar-refractivity contribution in [3.63, 3.8) is 0 Å². The van der Waals surface area contributed by atoms with Crippen LogP contribution in [0.5, 0.6) is 11.5 Å². The molecule has 0 aliphatic heterocycles. The zero-order valence-corrected chi connectivity index (χ0v) is 17.9. The van der Waals surface area contributed by atoms with Gasteiger partial charge >= 0.3 is 5.97 Å². The van der Waals surface area contributed by atoms with Gasteiger partial charge in [0, 0.05) is 10.9 Å². The van der Waals surface area contributed by atoms with Crippen molar-refractivity contribution in [2.75, 3.05) is 25.6 Å². The van der Waals surface area contributed by atoms with Gasteiger partial charge in [0.1, 0.15) is 22.1 Å². The molecule has 0 fully saturated rings. The van der Waals surface area contributed by atoms with E-state index in [4.69, 9.17) is 14.2 Å². The van der Waals surface area contributed by atoms with E-state index in [1.807, 2.05) is 36.6 Å².